The van der Waals surface area contributed by atoms with Crippen molar-refractivity contribution in [1.82, 2.24) is 30.2 Å². The van der Waals surface area contributed by atoms with Gasteiger partial charge in [-0.05, 0) is 45.7 Å². The summed E-state index contributed by atoms with van der Waals surface area (Å²) in [6.45, 7) is 4.40. The quantitative estimate of drug-likeness (QED) is 0.212. The number of aliphatic imine (C=N–C) groups is 1. The molecule has 3 heterocycles. The van der Waals surface area contributed by atoms with Crippen LogP contribution in [-0.2, 0) is 21.1 Å². The number of rotatable bonds is 9. The van der Waals surface area contributed by atoms with Gasteiger partial charge in [0.1, 0.15) is 18.1 Å². The van der Waals surface area contributed by atoms with Gasteiger partial charge in [0.05, 0.1) is 49.5 Å². The molecule has 0 radical (unpaired) electrons. The Morgan fingerprint density at radius 2 is 1.93 bits per heavy atom. The monoisotopic (exact) mass is 589 g/mol. The van der Waals surface area contributed by atoms with Crippen LogP contribution in [0.2, 0.25) is 0 Å². The highest BCUT2D eigenvalue weighted by Crippen LogP contribution is 2.44. The Balaban J connectivity index is 1.76. The van der Waals surface area contributed by atoms with E-state index in [1.165, 1.54) is 31.9 Å². The molecule has 15 heteroatoms. The summed E-state index contributed by atoms with van der Waals surface area (Å²) in [6.07, 6.45) is 1.80. The summed E-state index contributed by atoms with van der Waals surface area (Å²) in [6, 6.07) is 1.14. The number of hydrogen-bond acceptors (Lipinski definition) is 10. The number of anilines is 1. The van der Waals surface area contributed by atoms with Gasteiger partial charge < -0.3 is 10.2 Å². The largest absolute Gasteiger partial charge is 0.408 e. The standard InChI is InChI=1S/C26H30F3N9O2S/c1-14-21(23(17-6-7-17)34-13-33-14)24-35-15(2)22(25(37-24)38(4)16(3)26(27,28)29)36-20(12-39)32-10-18-8-9-19(11-31-18)41(5,30)40/h8-9,11-13,16-17,30H,6-7,10H2,1-5H3,(H,32,36). The van der Waals surface area contributed by atoms with Crippen molar-refractivity contribution in [2.75, 3.05) is 18.2 Å². The SMILES string of the molecule is Cc1nc(-c2c(C)ncnc2C2CC2)nc(N(C)C(C)C(F)(F)F)c1/N=C(\C=O)NCc1ccc(S(C)(=N)=O)cn1. The Morgan fingerprint density at radius 3 is 2.49 bits per heavy atom. The molecule has 11 nitrogen and oxygen atoms in total. The van der Waals surface area contributed by atoms with Gasteiger partial charge in [0.25, 0.3) is 0 Å². The predicted octanol–water partition coefficient (Wildman–Crippen LogP) is 4.26. The lowest BCUT2D eigenvalue weighted by molar-refractivity contribution is -0.144. The fraction of sp³-hybridized carbons (Fsp3) is 0.423. The van der Waals surface area contributed by atoms with Crippen LogP contribution in [0.4, 0.5) is 24.7 Å². The summed E-state index contributed by atoms with van der Waals surface area (Å²) < 4.78 is 60.9. The minimum Gasteiger partial charge on any atom is -0.362 e. The van der Waals surface area contributed by atoms with Crippen molar-refractivity contribution in [3.8, 4) is 11.4 Å². The van der Waals surface area contributed by atoms with Crippen LogP contribution in [0, 0.1) is 18.6 Å². The van der Waals surface area contributed by atoms with Crippen LogP contribution in [0.25, 0.3) is 11.4 Å². The molecule has 3 aromatic heterocycles. The third-order valence-corrected chi connectivity index (χ3v) is 7.87. The number of pyridine rings is 1. The van der Waals surface area contributed by atoms with E-state index in [4.69, 9.17) is 4.78 Å². The van der Waals surface area contributed by atoms with E-state index in [-0.39, 0.29) is 46.2 Å². The second-order valence-corrected chi connectivity index (χ2v) is 12.1. The number of aryl methyl sites for hydroxylation is 2. The Kier molecular flexibility index (Phi) is 8.38. The molecule has 218 valence electrons. The zero-order chi connectivity index (χ0) is 30.1. The third kappa shape index (κ3) is 6.84. The number of carbonyl (C=O) groups excluding carboxylic acids is 1. The lowest BCUT2D eigenvalue weighted by Crippen LogP contribution is -2.41. The molecule has 1 fully saturated rings. The molecule has 1 aliphatic carbocycles. The molecule has 4 rings (SSSR count). The summed E-state index contributed by atoms with van der Waals surface area (Å²) in [5.74, 6) is 0.105. The van der Waals surface area contributed by atoms with E-state index in [0.29, 0.717) is 23.2 Å². The van der Waals surface area contributed by atoms with E-state index < -0.39 is 21.9 Å². The fourth-order valence-corrected chi connectivity index (χ4v) is 4.61. The number of alkyl halides is 3. The number of nitrogens with one attached hydrogen (secondary N) is 2. The van der Waals surface area contributed by atoms with Crippen LogP contribution in [0.5, 0.6) is 0 Å². The molecule has 0 saturated heterocycles. The van der Waals surface area contributed by atoms with Crippen LogP contribution in [0.1, 0.15) is 48.5 Å². The molecular formula is C26H30F3N9O2S. The van der Waals surface area contributed by atoms with Gasteiger partial charge in [-0.25, -0.2) is 33.9 Å². The Labute approximate surface area is 235 Å². The summed E-state index contributed by atoms with van der Waals surface area (Å²) in [5.41, 5.74) is 2.65. The maximum absolute atomic E-state index is 13.8. The fourth-order valence-electron chi connectivity index (χ4n) is 4.03. The molecular weight excluding hydrogens is 559 g/mol. The average Bonchev–Trinajstić information content (AvgIpc) is 3.75. The lowest BCUT2D eigenvalue weighted by Gasteiger charge is -2.29. The third-order valence-electron chi connectivity index (χ3n) is 6.72. The molecule has 1 saturated carbocycles. The lowest BCUT2D eigenvalue weighted by atomic mass is 10.1. The first kappa shape index (κ1) is 30.0. The summed E-state index contributed by atoms with van der Waals surface area (Å²) in [7, 11) is -1.67. The molecule has 41 heavy (non-hydrogen) atoms. The van der Waals surface area contributed by atoms with Crippen molar-refractivity contribution in [2.24, 2.45) is 4.99 Å². The number of aromatic nitrogens is 5. The second-order valence-electron chi connectivity index (χ2n) is 9.92. The van der Waals surface area contributed by atoms with Gasteiger partial charge in [-0.2, -0.15) is 13.2 Å². The highest BCUT2D eigenvalue weighted by molar-refractivity contribution is 7.91. The van der Waals surface area contributed by atoms with Gasteiger partial charge in [0.15, 0.2) is 23.8 Å². The van der Waals surface area contributed by atoms with Gasteiger partial charge in [0.2, 0.25) is 0 Å². The molecule has 0 aliphatic heterocycles. The van der Waals surface area contributed by atoms with Crippen LogP contribution >= 0.6 is 0 Å². The van der Waals surface area contributed by atoms with E-state index in [1.807, 2.05) is 0 Å². The number of halogens is 3. The highest BCUT2D eigenvalue weighted by atomic mass is 32.2. The highest BCUT2D eigenvalue weighted by Gasteiger charge is 2.40. The normalized spacial score (nSPS) is 16.1. The Morgan fingerprint density at radius 1 is 1.22 bits per heavy atom. The van der Waals surface area contributed by atoms with Gasteiger partial charge >= 0.3 is 6.18 Å². The predicted molar refractivity (Wildman–Crippen MR) is 148 cm³/mol. The maximum Gasteiger partial charge on any atom is 0.408 e. The maximum atomic E-state index is 13.8. The summed E-state index contributed by atoms with van der Waals surface area (Å²) in [5, 5.41) is 2.82. The first-order valence-electron chi connectivity index (χ1n) is 12.7. The molecule has 0 aromatic carbocycles. The minimum atomic E-state index is -4.57. The van der Waals surface area contributed by atoms with Crippen LogP contribution < -0.4 is 10.2 Å². The molecule has 2 N–H and O–H groups in total. The Hall–Kier alpha value is -4.01. The van der Waals surface area contributed by atoms with Gasteiger partial charge in [0, 0.05) is 25.4 Å². The van der Waals surface area contributed by atoms with Gasteiger partial charge in [-0.3, -0.25) is 9.78 Å². The number of nitrogens with zero attached hydrogens (tertiary/aromatic N) is 7. The van der Waals surface area contributed by atoms with E-state index in [1.54, 1.807) is 19.9 Å². The zero-order valence-electron chi connectivity index (χ0n) is 23.2. The van der Waals surface area contributed by atoms with Crippen molar-refractivity contribution in [2.45, 2.75) is 63.2 Å². The van der Waals surface area contributed by atoms with Gasteiger partial charge in [-0.15, -0.1) is 0 Å². The van der Waals surface area contributed by atoms with Crippen molar-refractivity contribution in [3.63, 3.8) is 0 Å². The van der Waals surface area contributed by atoms with E-state index >= 15 is 0 Å². The molecule has 1 aliphatic rings. The second kappa shape index (κ2) is 11.5. The number of hydrogen-bond donors (Lipinski definition) is 2. The van der Waals surface area contributed by atoms with Crippen LogP contribution in [-0.4, -0.2) is 66.8 Å². The molecule has 2 atom stereocenters. The molecule has 0 spiro atoms. The summed E-state index contributed by atoms with van der Waals surface area (Å²) in [4.78, 5) is 39.4. The minimum absolute atomic E-state index is 0.00680. The number of aldehydes is 1. The van der Waals surface area contributed by atoms with Crippen LogP contribution in [0.15, 0.2) is 34.5 Å². The van der Waals surface area contributed by atoms with Crippen molar-refractivity contribution in [1.29, 1.82) is 4.78 Å². The van der Waals surface area contributed by atoms with Crippen LogP contribution in [0.3, 0.4) is 0 Å². The number of amidine groups is 1. The molecule has 3 aromatic rings. The van der Waals surface area contributed by atoms with Crippen molar-refractivity contribution >= 4 is 33.4 Å². The topological polar surface area (TPSA) is 150 Å². The van der Waals surface area contributed by atoms with Gasteiger partial charge in [-0.1, -0.05) is 0 Å². The molecule has 0 amide bonds. The zero-order valence-corrected chi connectivity index (χ0v) is 24.0. The average molecular weight is 590 g/mol. The summed E-state index contributed by atoms with van der Waals surface area (Å²) >= 11 is 0. The number of carbonyl (C=O) groups is 1. The van der Waals surface area contributed by atoms with E-state index in [0.717, 1.165) is 30.4 Å². The smallest absolute Gasteiger partial charge is 0.362 e. The Bertz CT molecular complexity index is 1590. The van der Waals surface area contributed by atoms with E-state index in [9.17, 15) is 22.2 Å². The first-order chi connectivity index (χ1) is 19.2. The molecule has 0 bridgehead atoms. The first-order valence-corrected chi connectivity index (χ1v) is 14.6. The van der Waals surface area contributed by atoms with Crippen molar-refractivity contribution < 1.29 is 22.2 Å². The van der Waals surface area contributed by atoms with E-state index in [2.05, 4.69) is 35.2 Å². The van der Waals surface area contributed by atoms with Crippen molar-refractivity contribution in [3.05, 3.63) is 47.4 Å². The molecule has 2 unspecified atom stereocenters.